The Morgan fingerprint density at radius 3 is 0.987 bits per heavy atom. The van der Waals surface area contributed by atoms with Gasteiger partial charge in [0.25, 0.3) is 5.67 Å². The maximum absolute atomic E-state index is 16.5. The van der Waals surface area contributed by atoms with E-state index in [0.717, 1.165) is 46.7 Å². The van der Waals surface area contributed by atoms with Crippen molar-refractivity contribution in [1.29, 1.82) is 0 Å². The highest BCUT2D eigenvalue weighted by Gasteiger charge is 2.58. The summed E-state index contributed by atoms with van der Waals surface area (Å²) in [5.41, 5.74) is 0.857. The lowest BCUT2D eigenvalue weighted by atomic mass is 9.87. The Hall–Kier alpha value is -9.87. The maximum Gasteiger partial charge on any atom is 0.431 e. The van der Waals surface area contributed by atoms with E-state index in [1.165, 1.54) is 24.3 Å². The molecule has 7 nitrogen and oxygen atoms in total. The van der Waals surface area contributed by atoms with Gasteiger partial charge in [-0.15, -0.1) is 0 Å². The molecule has 0 aliphatic heterocycles. The van der Waals surface area contributed by atoms with Crippen LogP contribution in [0.4, 0.5) is 17.6 Å². The van der Waals surface area contributed by atoms with Crippen LogP contribution in [0.15, 0.2) is 243 Å². The van der Waals surface area contributed by atoms with Gasteiger partial charge in [-0.1, -0.05) is 114 Å². The molecular weight excluding hydrogens is 993 g/mol. The molecule has 11 heteroatoms. The van der Waals surface area contributed by atoms with Gasteiger partial charge in [-0.25, -0.2) is 4.39 Å². The predicted octanol–water partition coefficient (Wildman–Crippen LogP) is 17.6. The van der Waals surface area contributed by atoms with Crippen molar-refractivity contribution in [2.45, 2.75) is 25.7 Å². The van der Waals surface area contributed by atoms with E-state index in [2.05, 4.69) is 0 Å². The van der Waals surface area contributed by atoms with Gasteiger partial charge in [-0.05, 0) is 165 Å². The maximum atomic E-state index is 16.5. The minimum Gasteiger partial charge on any atom is -0.457 e. The molecule has 78 heavy (non-hydrogen) atoms. The molecule has 1 unspecified atom stereocenters. The van der Waals surface area contributed by atoms with Crippen LogP contribution in [0.1, 0.15) is 70.0 Å². The minimum absolute atomic E-state index is 0.140. The second kappa shape index (κ2) is 22.1. The van der Waals surface area contributed by atoms with Crippen molar-refractivity contribution in [3.05, 3.63) is 298 Å². The molecule has 384 valence electrons. The van der Waals surface area contributed by atoms with Gasteiger partial charge in [0.05, 0.1) is 0 Å². The number of carbonyl (C=O) groups excluding carboxylic acids is 3. The lowest BCUT2D eigenvalue weighted by Crippen LogP contribution is -2.39. The zero-order valence-corrected chi connectivity index (χ0v) is 42.0. The Balaban J connectivity index is 0.755. The van der Waals surface area contributed by atoms with E-state index in [4.69, 9.17) is 18.9 Å². The number of hydrogen-bond acceptors (Lipinski definition) is 7. The molecular formula is C67H46F4O7. The van der Waals surface area contributed by atoms with Crippen LogP contribution < -0.4 is 18.9 Å². The molecule has 10 aromatic carbocycles. The van der Waals surface area contributed by atoms with Crippen molar-refractivity contribution in [2.24, 2.45) is 0 Å². The van der Waals surface area contributed by atoms with Gasteiger partial charge in [0, 0.05) is 44.5 Å². The number of ether oxygens (including phenoxy) is 4. The zero-order valence-electron chi connectivity index (χ0n) is 42.0. The van der Waals surface area contributed by atoms with Crippen molar-refractivity contribution in [2.75, 3.05) is 0 Å². The third kappa shape index (κ3) is 11.5. The average Bonchev–Trinajstić information content (AvgIpc) is 3.57. The summed E-state index contributed by atoms with van der Waals surface area (Å²) < 4.78 is 84.0. The van der Waals surface area contributed by atoms with E-state index >= 15 is 4.39 Å². The number of alkyl halides is 4. The van der Waals surface area contributed by atoms with Crippen molar-refractivity contribution >= 4 is 17.3 Å². The van der Waals surface area contributed by atoms with E-state index in [0.29, 0.717) is 67.7 Å². The fraction of sp³-hybridized carbons (Fsp3) is 0.0597. The monoisotopic (exact) mass is 1040 g/mol. The molecule has 0 fully saturated rings. The Morgan fingerprint density at radius 1 is 0.321 bits per heavy atom. The number of para-hydroxylation sites is 1. The molecule has 0 aromatic heterocycles. The summed E-state index contributed by atoms with van der Waals surface area (Å²) in [6.45, 7) is 3.84. The van der Waals surface area contributed by atoms with Crippen molar-refractivity contribution in [3.8, 4) is 57.1 Å². The fourth-order valence-corrected chi connectivity index (χ4v) is 8.72. The summed E-state index contributed by atoms with van der Waals surface area (Å²) in [5.74, 6) is 2.86. The Kier molecular flexibility index (Phi) is 14.7. The number of halogens is 4. The van der Waals surface area contributed by atoms with Crippen LogP contribution in [0.2, 0.25) is 0 Å². The second-order valence-electron chi connectivity index (χ2n) is 18.5. The van der Waals surface area contributed by atoms with Gasteiger partial charge in [-0.3, -0.25) is 14.4 Å². The van der Waals surface area contributed by atoms with Gasteiger partial charge in [0.2, 0.25) is 0 Å². The molecule has 0 heterocycles. The number of aryl methyl sites for hydroxylation is 2. The van der Waals surface area contributed by atoms with E-state index in [9.17, 15) is 27.6 Å². The third-order valence-corrected chi connectivity index (χ3v) is 12.9. The zero-order chi connectivity index (χ0) is 54.4. The summed E-state index contributed by atoms with van der Waals surface area (Å²) >= 11 is 0. The lowest BCUT2D eigenvalue weighted by molar-refractivity contribution is -0.219. The highest BCUT2D eigenvalue weighted by Crippen LogP contribution is 2.48. The topological polar surface area (TPSA) is 88.1 Å². The molecule has 0 radical (unpaired) electrons. The number of ketones is 3. The minimum atomic E-state index is -5.33. The highest BCUT2D eigenvalue weighted by atomic mass is 19.4. The Labute approximate surface area is 447 Å². The quantitative estimate of drug-likeness (QED) is 0.0663. The number of carbonyl (C=O) groups is 3. The van der Waals surface area contributed by atoms with Crippen LogP contribution in [0, 0.1) is 13.8 Å². The van der Waals surface area contributed by atoms with Gasteiger partial charge < -0.3 is 18.9 Å². The van der Waals surface area contributed by atoms with Crippen LogP contribution in [0.25, 0.3) is 11.1 Å². The first-order valence-electron chi connectivity index (χ1n) is 24.7. The largest absolute Gasteiger partial charge is 0.457 e. The Morgan fingerprint density at radius 2 is 0.615 bits per heavy atom. The van der Waals surface area contributed by atoms with Crippen LogP contribution in [0.3, 0.4) is 0 Å². The van der Waals surface area contributed by atoms with Gasteiger partial charge in [-0.2, -0.15) is 13.2 Å². The SMILES string of the molecule is Cc1ccc(C(=O)c2ccc(Oc3ccc(C(F)(c4ccc(Oc5ccc(C(=O)c6ccc(-c7ccc(C)cc7C(=O)c7ccc(Oc8ccc(Oc9ccccc9)cc8)cc7)cc6)cc5)cc4)C(F)(F)F)cc3)cc2)cc1. The van der Waals surface area contributed by atoms with Crippen molar-refractivity contribution in [1.82, 2.24) is 0 Å². The smallest absolute Gasteiger partial charge is 0.431 e. The van der Waals surface area contributed by atoms with E-state index in [1.54, 1.807) is 121 Å². The molecule has 0 amide bonds. The summed E-state index contributed by atoms with van der Waals surface area (Å²) in [5, 5.41) is 0. The van der Waals surface area contributed by atoms with Gasteiger partial charge >= 0.3 is 6.18 Å². The standard InChI is InChI=1S/C67H46F4O7/c1-43-8-11-46(12-9-43)63(72)48-17-27-54(28-18-48)76-57-33-23-51(24-34-57)66(68,67(69,70)71)52-25-35-58(36-26-52)77-55-29-19-49(20-30-55)64(73)47-15-13-45(14-16-47)61-41-10-44(2)42-62(61)65(74)50-21-31-56(32-22-50)78-60-39-37-59(38-40-60)75-53-6-4-3-5-7-53/h3-42H,1-2H3. The Bertz CT molecular complexity index is 3730. The van der Waals surface area contributed by atoms with Crippen molar-refractivity contribution < 1.29 is 50.9 Å². The van der Waals surface area contributed by atoms with Crippen LogP contribution in [-0.4, -0.2) is 23.5 Å². The number of hydrogen-bond donors (Lipinski definition) is 0. The predicted molar refractivity (Wildman–Crippen MR) is 291 cm³/mol. The van der Waals surface area contributed by atoms with E-state index in [-0.39, 0.29) is 28.8 Å². The van der Waals surface area contributed by atoms with Crippen LogP contribution in [0.5, 0.6) is 46.0 Å². The van der Waals surface area contributed by atoms with Crippen LogP contribution in [-0.2, 0) is 5.67 Å². The third-order valence-electron chi connectivity index (χ3n) is 12.9. The van der Waals surface area contributed by atoms with Gasteiger partial charge in [0.15, 0.2) is 17.3 Å². The van der Waals surface area contributed by atoms with E-state index < -0.39 is 23.0 Å². The van der Waals surface area contributed by atoms with E-state index in [1.807, 2.05) is 86.6 Å². The molecule has 0 spiro atoms. The normalized spacial score (nSPS) is 12.0. The molecule has 10 aromatic rings. The first-order chi connectivity index (χ1) is 37.7. The first kappa shape index (κ1) is 51.6. The number of benzene rings is 10. The van der Waals surface area contributed by atoms with Crippen LogP contribution >= 0.6 is 0 Å². The summed E-state index contributed by atoms with van der Waals surface area (Å²) in [4.78, 5) is 40.5. The summed E-state index contributed by atoms with van der Waals surface area (Å²) in [6.07, 6.45) is -5.33. The first-order valence-corrected chi connectivity index (χ1v) is 24.7. The molecule has 0 bridgehead atoms. The number of rotatable bonds is 17. The highest BCUT2D eigenvalue weighted by molar-refractivity contribution is 6.13. The molecule has 0 N–H and O–H groups in total. The molecule has 1 atom stereocenters. The fourth-order valence-electron chi connectivity index (χ4n) is 8.72. The summed E-state index contributed by atoms with van der Waals surface area (Å²) in [7, 11) is 0. The molecule has 0 saturated heterocycles. The molecule has 10 rings (SSSR count). The van der Waals surface area contributed by atoms with Gasteiger partial charge in [0.1, 0.15) is 46.0 Å². The lowest BCUT2D eigenvalue weighted by Gasteiger charge is -2.29. The summed E-state index contributed by atoms with van der Waals surface area (Å²) in [6, 6.07) is 65.0. The second-order valence-corrected chi connectivity index (χ2v) is 18.5. The average molecular weight is 1040 g/mol. The van der Waals surface area contributed by atoms with Crippen molar-refractivity contribution in [3.63, 3.8) is 0 Å². The molecule has 0 aliphatic rings. The molecule has 0 saturated carbocycles. The molecule has 0 aliphatic carbocycles.